The van der Waals surface area contributed by atoms with Gasteiger partial charge in [0.25, 0.3) is 0 Å². The topological polar surface area (TPSA) is 30.5 Å². The zero-order valence-electron chi connectivity index (χ0n) is 11.4. The number of benzene rings is 2. The maximum atomic E-state index is 6.34. The second-order valence-corrected chi connectivity index (χ2v) is 5.22. The van der Waals surface area contributed by atoms with Gasteiger partial charge in [0.1, 0.15) is 0 Å². The van der Waals surface area contributed by atoms with Gasteiger partial charge in [-0.1, -0.05) is 23.7 Å². The van der Waals surface area contributed by atoms with Crippen molar-refractivity contribution in [1.82, 2.24) is 5.32 Å². The van der Waals surface area contributed by atoms with Gasteiger partial charge in [-0.05, 0) is 49.4 Å². The smallest absolute Gasteiger partial charge is 0.231 e. The quantitative estimate of drug-likeness (QED) is 0.926. The van der Waals surface area contributed by atoms with Gasteiger partial charge in [-0.2, -0.15) is 0 Å². The van der Waals surface area contributed by atoms with Crippen molar-refractivity contribution in [3.63, 3.8) is 0 Å². The van der Waals surface area contributed by atoms with Crippen LogP contribution in [0.1, 0.15) is 18.5 Å². The van der Waals surface area contributed by atoms with E-state index in [0.29, 0.717) is 0 Å². The van der Waals surface area contributed by atoms with Gasteiger partial charge >= 0.3 is 0 Å². The minimum absolute atomic E-state index is 0.278. The van der Waals surface area contributed by atoms with Crippen LogP contribution >= 0.6 is 11.6 Å². The van der Waals surface area contributed by atoms with Crippen molar-refractivity contribution in [2.45, 2.75) is 13.0 Å². The number of fused-ring (bicyclic) bond motifs is 1. The van der Waals surface area contributed by atoms with Gasteiger partial charge in [-0.3, -0.25) is 0 Å². The highest BCUT2D eigenvalue weighted by Gasteiger charge is 2.15. The Kier molecular flexibility index (Phi) is 3.55. The van der Waals surface area contributed by atoms with Crippen LogP contribution in [-0.2, 0) is 0 Å². The predicted molar refractivity (Wildman–Crippen MR) is 80.5 cm³/mol. The molecule has 20 heavy (non-hydrogen) atoms. The van der Waals surface area contributed by atoms with Gasteiger partial charge in [-0.25, -0.2) is 0 Å². The molecule has 4 heteroatoms. The van der Waals surface area contributed by atoms with E-state index in [1.807, 2.05) is 37.4 Å². The molecule has 0 saturated heterocycles. The third-order valence-electron chi connectivity index (χ3n) is 3.61. The summed E-state index contributed by atoms with van der Waals surface area (Å²) in [5.41, 5.74) is 3.23. The Labute approximate surface area is 123 Å². The summed E-state index contributed by atoms with van der Waals surface area (Å²) < 4.78 is 10.8. The van der Waals surface area contributed by atoms with E-state index >= 15 is 0 Å². The number of ether oxygens (including phenoxy) is 2. The molecule has 104 valence electrons. The molecule has 0 bridgehead atoms. The molecule has 1 N–H and O–H groups in total. The van der Waals surface area contributed by atoms with E-state index in [2.05, 4.69) is 18.3 Å². The first-order valence-corrected chi connectivity index (χ1v) is 6.93. The average Bonchev–Trinajstić information content (AvgIpc) is 2.94. The summed E-state index contributed by atoms with van der Waals surface area (Å²) >= 11 is 6.34. The van der Waals surface area contributed by atoms with E-state index in [0.717, 1.165) is 27.6 Å². The fraction of sp³-hybridized carbons (Fsp3) is 0.250. The summed E-state index contributed by atoms with van der Waals surface area (Å²) in [6.45, 7) is 2.40. The lowest BCUT2D eigenvalue weighted by Crippen LogP contribution is -2.12. The molecule has 2 aromatic carbocycles. The molecule has 1 atom stereocenters. The lowest BCUT2D eigenvalue weighted by molar-refractivity contribution is 0.174. The first-order chi connectivity index (χ1) is 9.69. The Morgan fingerprint density at radius 3 is 2.70 bits per heavy atom. The van der Waals surface area contributed by atoms with Crippen molar-refractivity contribution in [2.75, 3.05) is 13.8 Å². The highest BCUT2D eigenvalue weighted by atomic mass is 35.5. The van der Waals surface area contributed by atoms with Crippen molar-refractivity contribution in [3.05, 3.63) is 47.0 Å². The Balaban J connectivity index is 2.04. The molecule has 1 aliphatic rings. The van der Waals surface area contributed by atoms with Crippen molar-refractivity contribution in [3.8, 4) is 22.6 Å². The predicted octanol–water partition coefficient (Wildman–Crippen LogP) is 4.02. The summed E-state index contributed by atoms with van der Waals surface area (Å²) in [6.07, 6.45) is 0. The Hall–Kier alpha value is -1.71. The van der Waals surface area contributed by atoms with Crippen molar-refractivity contribution >= 4 is 11.6 Å². The van der Waals surface area contributed by atoms with Crippen LogP contribution < -0.4 is 14.8 Å². The first kappa shape index (κ1) is 13.3. The molecule has 3 nitrogen and oxygen atoms in total. The fourth-order valence-corrected chi connectivity index (χ4v) is 2.49. The molecular formula is C16H16ClNO2. The Morgan fingerprint density at radius 2 is 1.90 bits per heavy atom. The molecule has 1 aliphatic heterocycles. The van der Waals surface area contributed by atoms with Gasteiger partial charge < -0.3 is 14.8 Å². The van der Waals surface area contributed by atoms with E-state index in [1.54, 1.807) is 0 Å². The third kappa shape index (κ3) is 2.35. The molecule has 1 unspecified atom stereocenters. The summed E-state index contributed by atoms with van der Waals surface area (Å²) in [6, 6.07) is 12.3. The summed E-state index contributed by atoms with van der Waals surface area (Å²) in [5, 5.41) is 3.97. The van der Waals surface area contributed by atoms with Gasteiger partial charge in [0.2, 0.25) is 6.79 Å². The van der Waals surface area contributed by atoms with Crippen LogP contribution in [0.4, 0.5) is 0 Å². The monoisotopic (exact) mass is 289 g/mol. The molecule has 1 heterocycles. The van der Waals surface area contributed by atoms with Gasteiger partial charge in [-0.15, -0.1) is 0 Å². The van der Waals surface area contributed by atoms with E-state index in [-0.39, 0.29) is 12.8 Å². The van der Waals surface area contributed by atoms with Crippen LogP contribution in [0.15, 0.2) is 36.4 Å². The molecule has 0 saturated carbocycles. The highest BCUT2D eigenvalue weighted by molar-refractivity contribution is 6.33. The van der Waals surface area contributed by atoms with Crippen LogP contribution in [0, 0.1) is 0 Å². The molecule has 3 rings (SSSR count). The van der Waals surface area contributed by atoms with E-state index in [1.165, 1.54) is 5.56 Å². The van der Waals surface area contributed by atoms with Gasteiger partial charge in [0.15, 0.2) is 11.5 Å². The number of hydrogen-bond donors (Lipinski definition) is 1. The molecule has 0 spiro atoms. The molecule has 0 aromatic heterocycles. The standard InChI is InChI=1S/C16H16ClNO2/c1-10(18-2)11-3-5-14(17)13(7-11)12-4-6-15-16(8-12)20-9-19-15/h3-8,10,18H,9H2,1-2H3. The molecule has 0 radical (unpaired) electrons. The zero-order chi connectivity index (χ0) is 14.1. The lowest BCUT2D eigenvalue weighted by atomic mass is 9.99. The second kappa shape index (κ2) is 5.35. The van der Waals surface area contributed by atoms with Crippen LogP contribution in [0.25, 0.3) is 11.1 Å². The van der Waals surface area contributed by atoms with E-state index in [9.17, 15) is 0 Å². The summed E-state index contributed by atoms with van der Waals surface area (Å²) in [7, 11) is 1.94. The largest absolute Gasteiger partial charge is 0.454 e. The zero-order valence-corrected chi connectivity index (χ0v) is 12.2. The number of hydrogen-bond acceptors (Lipinski definition) is 3. The Bertz CT molecular complexity index is 642. The SMILES string of the molecule is CNC(C)c1ccc(Cl)c(-c2ccc3c(c2)OCO3)c1. The molecular weight excluding hydrogens is 274 g/mol. The van der Waals surface area contributed by atoms with Gasteiger partial charge in [0, 0.05) is 16.6 Å². The first-order valence-electron chi connectivity index (χ1n) is 6.56. The van der Waals surface area contributed by atoms with Crippen LogP contribution in [0.5, 0.6) is 11.5 Å². The molecule has 0 amide bonds. The fourth-order valence-electron chi connectivity index (χ4n) is 2.26. The van der Waals surface area contributed by atoms with Crippen LogP contribution in [0.2, 0.25) is 5.02 Å². The van der Waals surface area contributed by atoms with E-state index in [4.69, 9.17) is 21.1 Å². The van der Waals surface area contributed by atoms with Crippen molar-refractivity contribution < 1.29 is 9.47 Å². The second-order valence-electron chi connectivity index (χ2n) is 4.82. The number of nitrogens with one attached hydrogen (secondary N) is 1. The molecule has 0 fully saturated rings. The number of halogens is 1. The summed E-state index contributed by atoms with van der Waals surface area (Å²) in [4.78, 5) is 0. The Morgan fingerprint density at radius 1 is 1.10 bits per heavy atom. The minimum Gasteiger partial charge on any atom is -0.454 e. The third-order valence-corrected chi connectivity index (χ3v) is 3.94. The maximum Gasteiger partial charge on any atom is 0.231 e. The van der Waals surface area contributed by atoms with Crippen molar-refractivity contribution in [2.24, 2.45) is 0 Å². The maximum absolute atomic E-state index is 6.34. The van der Waals surface area contributed by atoms with Crippen LogP contribution in [-0.4, -0.2) is 13.8 Å². The lowest BCUT2D eigenvalue weighted by Gasteiger charge is -2.13. The van der Waals surface area contributed by atoms with Crippen molar-refractivity contribution in [1.29, 1.82) is 0 Å². The average molecular weight is 290 g/mol. The normalized spacial score (nSPS) is 14.3. The number of rotatable bonds is 3. The minimum atomic E-state index is 0.278. The summed E-state index contributed by atoms with van der Waals surface area (Å²) in [5.74, 6) is 1.55. The molecule has 0 aliphatic carbocycles. The van der Waals surface area contributed by atoms with Crippen LogP contribution in [0.3, 0.4) is 0 Å². The highest BCUT2D eigenvalue weighted by Crippen LogP contribution is 2.38. The van der Waals surface area contributed by atoms with E-state index < -0.39 is 0 Å². The van der Waals surface area contributed by atoms with Gasteiger partial charge in [0.05, 0.1) is 0 Å². The molecule has 2 aromatic rings.